The molecule has 0 saturated heterocycles. The first kappa shape index (κ1) is 17.5. The predicted octanol–water partition coefficient (Wildman–Crippen LogP) is 3.39. The number of para-hydroxylation sites is 1. The lowest BCUT2D eigenvalue weighted by molar-refractivity contribution is 0.565. The molecule has 2 N–H and O–H groups in total. The number of rotatable bonds is 6. The zero-order valence-corrected chi connectivity index (χ0v) is 14.9. The molecule has 0 bridgehead atoms. The van der Waals surface area contributed by atoms with Gasteiger partial charge in [-0.15, -0.1) is 0 Å². The summed E-state index contributed by atoms with van der Waals surface area (Å²) in [6.45, 7) is 8.39. The number of aryl methyl sites for hydroxylation is 3. The van der Waals surface area contributed by atoms with Gasteiger partial charge in [-0.2, -0.15) is 0 Å². The summed E-state index contributed by atoms with van der Waals surface area (Å²) in [5.41, 5.74) is 4.40. The highest BCUT2D eigenvalue weighted by molar-refractivity contribution is 7.89. The van der Waals surface area contributed by atoms with Gasteiger partial charge in [-0.1, -0.05) is 35.9 Å². The fourth-order valence-corrected chi connectivity index (χ4v) is 3.68. The lowest BCUT2D eigenvalue weighted by Crippen LogP contribution is -2.37. The molecule has 0 heterocycles. The molecule has 0 aromatic heterocycles. The molecule has 0 amide bonds. The maximum atomic E-state index is 12.4. The Morgan fingerprint density at radius 2 is 1.52 bits per heavy atom. The van der Waals surface area contributed by atoms with Crippen LogP contribution in [0.5, 0.6) is 0 Å². The van der Waals surface area contributed by atoms with Crippen LogP contribution in [0.25, 0.3) is 0 Å². The molecule has 2 aromatic carbocycles. The molecular weight excluding hydrogens is 308 g/mol. The van der Waals surface area contributed by atoms with E-state index in [2.05, 4.69) is 10.0 Å². The number of anilines is 1. The molecule has 0 aliphatic heterocycles. The van der Waals surface area contributed by atoms with Crippen molar-refractivity contribution >= 4 is 15.7 Å². The van der Waals surface area contributed by atoms with Crippen LogP contribution >= 0.6 is 0 Å². The van der Waals surface area contributed by atoms with E-state index in [0.717, 1.165) is 22.4 Å². The molecule has 124 valence electrons. The van der Waals surface area contributed by atoms with Gasteiger partial charge in [0.1, 0.15) is 0 Å². The minimum atomic E-state index is -3.49. The van der Waals surface area contributed by atoms with E-state index in [1.54, 1.807) is 24.3 Å². The van der Waals surface area contributed by atoms with Crippen molar-refractivity contribution in [2.24, 2.45) is 0 Å². The van der Waals surface area contributed by atoms with Crippen molar-refractivity contribution in [2.75, 3.05) is 11.9 Å². The monoisotopic (exact) mass is 332 g/mol. The van der Waals surface area contributed by atoms with Crippen LogP contribution in [0.4, 0.5) is 5.69 Å². The molecule has 23 heavy (non-hydrogen) atoms. The zero-order valence-electron chi connectivity index (χ0n) is 14.1. The van der Waals surface area contributed by atoms with Gasteiger partial charge in [0.15, 0.2) is 0 Å². The average molecular weight is 332 g/mol. The molecule has 0 spiro atoms. The summed E-state index contributed by atoms with van der Waals surface area (Å²) in [6, 6.07) is 12.7. The highest BCUT2D eigenvalue weighted by atomic mass is 32.2. The van der Waals surface area contributed by atoms with E-state index in [1.165, 1.54) is 0 Å². The zero-order chi connectivity index (χ0) is 17.0. The highest BCUT2D eigenvalue weighted by Gasteiger charge is 2.17. The number of hydrogen-bond acceptors (Lipinski definition) is 3. The van der Waals surface area contributed by atoms with Crippen molar-refractivity contribution in [3.63, 3.8) is 0 Å². The van der Waals surface area contributed by atoms with E-state index < -0.39 is 10.0 Å². The van der Waals surface area contributed by atoms with Gasteiger partial charge in [-0.05, 0) is 51.0 Å². The fourth-order valence-electron chi connectivity index (χ4n) is 2.44. The summed E-state index contributed by atoms with van der Waals surface area (Å²) in [7, 11) is -3.49. The van der Waals surface area contributed by atoms with Crippen LogP contribution in [0.3, 0.4) is 0 Å². The molecule has 0 aliphatic rings. The van der Waals surface area contributed by atoms with E-state index in [9.17, 15) is 8.42 Å². The van der Waals surface area contributed by atoms with Crippen molar-refractivity contribution in [3.05, 3.63) is 59.2 Å². The molecule has 0 saturated carbocycles. The van der Waals surface area contributed by atoms with Gasteiger partial charge in [-0.25, -0.2) is 13.1 Å². The first-order valence-electron chi connectivity index (χ1n) is 7.68. The topological polar surface area (TPSA) is 58.2 Å². The molecule has 1 atom stereocenters. The largest absolute Gasteiger partial charge is 0.383 e. The first-order chi connectivity index (χ1) is 10.8. The second-order valence-corrected chi connectivity index (χ2v) is 7.70. The number of nitrogens with one attached hydrogen (secondary N) is 2. The van der Waals surface area contributed by atoms with E-state index >= 15 is 0 Å². The maximum Gasteiger partial charge on any atom is 0.240 e. The Balaban J connectivity index is 2.01. The second-order valence-electron chi connectivity index (χ2n) is 5.98. The molecule has 2 aromatic rings. The van der Waals surface area contributed by atoms with Gasteiger partial charge in [0, 0.05) is 18.3 Å². The van der Waals surface area contributed by atoms with Crippen LogP contribution in [-0.4, -0.2) is 21.0 Å². The molecular formula is C18H24N2O2S. The molecule has 0 radical (unpaired) electrons. The molecule has 2 rings (SSSR count). The standard InChI is InChI=1S/C18H24N2O2S/c1-13-8-10-17(11-9-13)23(21,22)20-16(4)12-19-18-14(2)6-5-7-15(18)3/h5-11,16,19-20H,12H2,1-4H3. The minimum Gasteiger partial charge on any atom is -0.383 e. The predicted molar refractivity (Wildman–Crippen MR) is 95.4 cm³/mol. The summed E-state index contributed by atoms with van der Waals surface area (Å²) in [5, 5.41) is 3.34. The summed E-state index contributed by atoms with van der Waals surface area (Å²) in [5.74, 6) is 0. The maximum absolute atomic E-state index is 12.4. The van der Waals surface area contributed by atoms with Crippen LogP contribution in [0.1, 0.15) is 23.6 Å². The summed E-state index contributed by atoms with van der Waals surface area (Å²) in [6.07, 6.45) is 0. The molecule has 1 unspecified atom stereocenters. The van der Waals surface area contributed by atoms with Crippen LogP contribution in [-0.2, 0) is 10.0 Å². The van der Waals surface area contributed by atoms with Crippen molar-refractivity contribution < 1.29 is 8.42 Å². The Hall–Kier alpha value is -1.85. The highest BCUT2D eigenvalue weighted by Crippen LogP contribution is 2.19. The van der Waals surface area contributed by atoms with Gasteiger partial charge >= 0.3 is 0 Å². The fraction of sp³-hybridized carbons (Fsp3) is 0.333. The van der Waals surface area contributed by atoms with Crippen LogP contribution in [0.2, 0.25) is 0 Å². The summed E-state index contributed by atoms with van der Waals surface area (Å²) < 4.78 is 27.4. The van der Waals surface area contributed by atoms with Gasteiger partial charge < -0.3 is 5.32 Å². The van der Waals surface area contributed by atoms with E-state index in [1.807, 2.05) is 45.9 Å². The average Bonchev–Trinajstić information content (AvgIpc) is 2.46. The number of hydrogen-bond donors (Lipinski definition) is 2. The Morgan fingerprint density at radius 3 is 2.09 bits per heavy atom. The smallest absolute Gasteiger partial charge is 0.240 e. The van der Waals surface area contributed by atoms with Gasteiger partial charge in [-0.3, -0.25) is 0 Å². The Bertz CT molecular complexity index is 748. The number of sulfonamides is 1. The quantitative estimate of drug-likeness (QED) is 0.852. The van der Waals surface area contributed by atoms with Crippen LogP contribution in [0.15, 0.2) is 47.4 Å². The molecule has 0 fully saturated rings. The van der Waals surface area contributed by atoms with Crippen LogP contribution < -0.4 is 10.0 Å². The Morgan fingerprint density at radius 1 is 0.957 bits per heavy atom. The lowest BCUT2D eigenvalue weighted by atomic mass is 10.1. The van der Waals surface area contributed by atoms with Crippen molar-refractivity contribution in [1.29, 1.82) is 0 Å². The third-order valence-electron chi connectivity index (χ3n) is 3.75. The third-order valence-corrected chi connectivity index (χ3v) is 5.36. The molecule has 0 aliphatic carbocycles. The van der Waals surface area contributed by atoms with Crippen molar-refractivity contribution in [3.8, 4) is 0 Å². The van der Waals surface area contributed by atoms with Crippen LogP contribution in [0, 0.1) is 20.8 Å². The van der Waals surface area contributed by atoms with E-state index in [4.69, 9.17) is 0 Å². The minimum absolute atomic E-state index is 0.222. The van der Waals surface area contributed by atoms with E-state index in [0.29, 0.717) is 11.4 Å². The second kappa shape index (κ2) is 7.15. The molecule has 5 heteroatoms. The Labute approximate surface area is 139 Å². The normalized spacial score (nSPS) is 12.9. The lowest BCUT2D eigenvalue weighted by Gasteiger charge is -2.18. The molecule has 4 nitrogen and oxygen atoms in total. The van der Waals surface area contributed by atoms with Gasteiger partial charge in [0.05, 0.1) is 4.90 Å². The summed E-state index contributed by atoms with van der Waals surface area (Å²) >= 11 is 0. The van der Waals surface area contributed by atoms with E-state index in [-0.39, 0.29) is 6.04 Å². The third kappa shape index (κ3) is 4.56. The van der Waals surface area contributed by atoms with Gasteiger partial charge in [0.25, 0.3) is 0 Å². The SMILES string of the molecule is Cc1ccc(S(=O)(=O)NC(C)CNc2c(C)cccc2C)cc1. The number of benzene rings is 2. The van der Waals surface area contributed by atoms with Gasteiger partial charge in [0.2, 0.25) is 10.0 Å². The van der Waals surface area contributed by atoms with Crippen molar-refractivity contribution in [1.82, 2.24) is 4.72 Å². The Kier molecular flexibility index (Phi) is 5.44. The first-order valence-corrected chi connectivity index (χ1v) is 9.17. The van der Waals surface area contributed by atoms with Crippen molar-refractivity contribution in [2.45, 2.75) is 38.6 Å². The summed E-state index contributed by atoms with van der Waals surface area (Å²) in [4.78, 5) is 0.294.